The van der Waals surface area contributed by atoms with Crippen LogP contribution in [0.3, 0.4) is 0 Å². The number of aromatic amines is 1. The molecule has 0 unspecified atom stereocenters. The molecule has 4 heterocycles. The molecule has 1 aromatic carbocycles. The molecule has 1 saturated heterocycles. The van der Waals surface area contributed by atoms with Crippen molar-refractivity contribution in [3.63, 3.8) is 0 Å². The maximum absolute atomic E-state index is 13.2. The molecule has 208 valence electrons. The van der Waals surface area contributed by atoms with E-state index in [1.54, 1.807) is 6.20 Å². The van der Waals surface area contributed by atoms with E-state index in [9.17, 15) is 4.79 Å². The van der Waals surface area contributed by atoms with Crippen molar-refractivity contribution in [2.24, 2.45) is 5.92 Å². The van der Waals surface area contributed by atoms with Crippen LogP contribution < -0.4 is 10.2 Å². The average molecular weight is 537 g/mol. The van der Waals surface area contributed by atoms with E-state index < -0.39 is 0 Å². The number of nitrogens with one attached hydrogen (secondary N) is 2. The number of hydrogen-bond acceptors (Lipinski definition) is 5. The van der Waals surface area contributed by atoms with Gasteiger partial charge in [0.2, 0.25) is 0 Å². The van der Waals surface area contributed by atoms with Gasteiger partial charge in [0.25, 0.3) is 5.91 Å². The number of H-pyrrole nitrogens is 1. The highest BCUT2D eigenvalue weighted by atomic mass is 16.1. The minimum absolute atomic E-state index is 0.248. The van der Waals surface area contributed by atoms with Gasteiger partial charge in [-0.25, -0.2) is 4.98 Å². The summed E-state index contributed by atoms with van der Waals surface area (Å²) < 4.78 is 0. The van der Waals surface area contributed by atoms with E-state index in [4.69, 9.17) is 0 Å². The van der Waals surface area contributed by atoms with Gasteiger partial charge in [-0.15, -0.1) is 0 Å². The van der Waals surface area contributed by atoms with Gasteiger partial charge in [-0.05, 0) is 79.5 Å². The van der Waals surface area contributed by atoms with Crippen molar-refractivity contribution in [2.45, 2.75) is 77.0 Å². The number of piperidine rings is 1. The van der Waals surface area contributed by atoms with Crippen LogP contribution in [0.1, 0.15) is 86.7 Å². The monoisotopic (exact) mass is 536 g/mol. The highest BCUT2D eigenvalue weighted by Crippen LogP contribution is 2.29. The second kappa shape index (κ2) is 12.6. The summed E-state index contributed by atoms with van der Waals surface area (Å²) in [7, 11) is 0. The Morgan fingerprint density at radius 1 is 0.875 bits per heavy atom. The number of rotatable bonds is 7. The Labute approximate surface area is 236 Å². The third-order valence-electron chi connectivity index (χ3n) is 8.66. The molecular formula is C33H40N6O. The molecule has 7 heteroatoms. The number of aromatic nitrogens is 4. The Hall–Kier alpha value is -3.74. The standard InChI is InChI=1S/C33H40N6O/c40-33(36-28-14-16-31(35-23-28)39-17-7-4-8-18-39)32-29-20-26(13-15-30(29)37-38-32)27-19-25(21-34-22-27)12-11-24-9-5-2-1-3-6-10-24/h13-16,19-24H,1-12,17-18H2,(H,36,40)(H,37,38). The number of fused-ring (bicyclic) bond motifs is 1. The fraction of sp³-hybridized carbons (Fsp3) is 0.455. The lowest BCUT2D eigenvalue weighted by Crippen LogP contribution is -2.30. The number of anilines is 2. The summed E-state index contributed by atoms with van der Waals surface area (Å²) >= 11 is 0. The van der Waals surface area contributed by atoms with E-state index in [2.05, 4.69) is 42.5 Å². The molecule has 0 radical (unpaired) electrons. The van der Waals surface area contributed by atoms with E-state index in [1.165, 1.54) is 76.2 Å². The van der Waals surface area contributed by atoms with Crippen LogP contribution in [0.25, 0.3) is 22.0 Å². The molecule has 7 nitrogen and oxygen atoms in total. The van der Waals surface area contributed by atoms with Crippen LogP contribution in [0.5, 0.6) is 0 Å². The van der Waals surface area contributed by atoms with Gasteiger partial charge in [0.1, 0.15) is 5.82 Å². The van der Waals surface area contributed by atoms with Crippen molar-refractivity contribution in [1.82, 2.24) is 20.2 Å². The number of aryl methyl sites for hydroxylation is 1. The van der Waals surface area contributed by atoms with Gasteiger partial charge in [-0.3, -0.25) is 14.9 Å². The molecule has 1 amide bonds. The minimum Gasteiger partial charge on any atom is -0.357 e. The van der Waals surface area contributed by atoms with Gasteiger partial charge < -0.3 is 10.2 Å². The second-order valence-electron chi connectivity index (χ2n) is 11.6. The van der Waals surface area contributed by atoms with Crippen molar-refractivity contribution in [3.8, 4) is 11.1 Å². The summed E-state index contributed by atoms with van der Waals surface area (Å²) in [6.45, 7) is 2.08. The molecule has 2 N–H and O–H groups in total. The normalized spacial score (nSPS) is 16.9. The Morgan fingerprint density at radius 3 is 2.48 bits per heavy atom. The molecule has 1 aliphatic carbocycles. The van der Waals surface area contributed by atoms with Crippen LogP contribution >= 0.6 is 0 Å². The van der Waals surface area contributed by atoms with Crippen LogP contribution in [0, 0.1) is 5.92 Å². The Kier molecular flexibility index (Phi) is 8.36. The fourth-order valence-corrected chi connectivity index (χ4v) is 6.31. The summed E-state index contributed by atoms with van der Waals surface area (Å²) in [4.78, 5) is 24.7. The Bertz CT molecular complexity index is 1410. The molecule has 0 atom stereocenters. The lowest BCUT2D eigenvalue weighted by atomic mass is 9.87. The number of nitrogens with zero attached hydrogens (tertiary/aromatic N) is 4. The van der Waals surface area contributed by atoms with E-state index in [0.29, 0.717) is 11.4 Å². The van der Waals surface area contributed by atoms with Crippen molar-refractivity contribution in [2.75, 3.05) is 23.3 Å². The molecule has 3 aromatic heterocycles. The number of benzene rings is 1. The van der Waals surface area contributed by atoms with E-state index >= 15 is 0 Å². The van der Waals surface area contributed by atoms with Crippen molar-refractivity contribution < 1.29 is 4.79 Å². The molecule has 1 aliphatic heterocycles. The topological polar surface area (TPSA) is 86.8 Å². The van der Waals surface area contributed by atoms with Crippen molar-refractivity contribution in [1.29, 1.82) is 0 Å². The number of carbonyl (C=O) groups is 1. The predicted molar refractivity (Wildman–Crippen MR) is 162 cm³/mol. The SMILES string of the molecule is O=C(Nc1ccc(N2CCCCC2)nc1)c1n[nH]c2ccc(-c3cncc(CCC4CCCCCCC4)c3)cc12. The molecule has 40 heavy (non-hydrogen) atoms. The fourth-order valence-electron chi connectivity index (χ4n) is 6.31. The van der Waals surface area contributed by atoms with Gasteiger partial charge in [0, 0.05) is 36.4 Å². The van der Waals surface area contributed by atoms with Crippen molar-refractivity contribution in [3.05, 3.63) is 66.2 Å². The van der Waals surface area contributed by atoms with E-state index in [-0.39, 0.29) is 5.91 Å². The maximum atomic E-state index is 13.2. The summed E-state index contributed by atoms with van der Waals surface area (Å²) in [5.74, 6) is 1.55. The van der Waals surface area contributed by atoms with Gasteiger partial charge >= 0.3 is 0 Å². The van der Waals surface area contributed by atoms with E-state index in [0.717, 1.165) is 53.3 Å². The van der Waals surface area contributed by atoms with E-state index in [1.807, 2.05) is 36.7 Å². The van der Waals surface area contributed by atoms with Crippen LogP contribution in [-0.2, 0) is 6.42 Å². The molecule has 6 rings (SSSR count). The number of carbonyl (C=O) groups excluding carboxylic acids is 1. The maximum Gasteiger partial charge on any atom is 0.276 e. The second-order valence-corrected chi connectivity index (χ2v) is 11.6. The summed E-state index contributed by atoms with van der Waals surface area (Å²) in [5, 5.41) is 11.1. The predicted octanol–water partition coefficient (Wildman–Crippen LogP) is 7.56. The highest BCUT2D eigenvalue weighted by Gasteiger charge is 2.17. The number of hydrogen-bond donors (Lipinski definition) is 2. The van der Waals surface area contributed by atoms with Gasteiger partial charge in [-0.2, -0.15) is 5.10 Å². The van der Waals surface area contributed by atoms with Gasteiger partial charge in [0.05, 0.1) is 17.4 Å². The van der Waals surface area contributed by atoms with Gasteiger partial charge in [0.15, 0.2) is 5.69 Å². The van der Waals surface area contributed by atoms with Crippen molar-refractivity contribution >= 4 is 28.3 Å². The zero-order valence-electron chi connectivity index (χ0n) is 23.4. The van der Waals surface area contributed by atoms with Crippen LogP contribution in [0.2, 0.25) is 0 Å². The first kappa shape index (κ1) is 26.5. The number of amides is 1. The molecule has 4 aromatic rings. The minimum atomic E-state index is -0.248. The lowest BCUT2D eigenvalue weighted by Gasteiger charge is -2.27. The Morgan fingerprint density at radius 2 is 1.68 bits per heavy atom. The third kappa shape index (κ3) is 6.35. The summed E-state index contributed by atoms with van der Waals surface area (Å²) in [6, 6.07) is 12.3. The molecule has 2 fully saturated rings. The van der Waals surface area contributed by atoms with Gasteiger partial charge in [-0.1, -0.05) is 51.0 Å². The average Bonchev–Trinajstić information content (AvgIpc) is 3.41. The summed E-state index contributed by atoms with van der Waals surface area (Å²) in [5.41, 5.74) is 5.27. The van der Waals surface area contributed by atoms with Crippen LogP contribution in [-0.4, -0.2) is 39.2 Å². The molecule has 1 saturated carbocycles. The summed E-state index contributed by atoms with van der Waals surface area (Å²) in [6.07, 6.45) is 21.3. The highest BCUT2D eigenvalue weighted by molar-refractivity contribution is 6.11. The number of pyridine rings is 2. The first-order chi connectivity index (χ1) is 19.7. The van der Waals surface area contributed by atoms with Crippen LogP contribution in [0.15, 0.2) is 55.0 Å². The third-order valence-corrected chi connectivity index (χ3v) is 8.66. The smallest absolute Gasteiger partial charge is 0.276 e. The van der Waals surface area contributed by atoms with Crippen LogP contribution in [0.4, 0.5) is 11.5 Å². The molecular weight excluding hydrogens is 496 g/mol. The Balaban J connectivity index is 1.14. The first-order valence-electron chi connectivity index (χ1n) is 15.2. The molecule has 2 aliphatic rings. The first-order valence-corrected chi connectivity index (χ1v) is 15.2. The molecule has 0 bridgehead atoms. The lowest BCUT2D eigenvalue weighted by molar-refractivity contribution is 0.102. The quantitative estimate of drug-likeness (QED) is 0.255. The zero-order valence-corrected chi connectivity index (χ0v) is 23.4. The zero-order chi connectivity index (χ0) is 27.1. The largest absolute Gasteiger partial charge is 0.357 e. The molecule has 0 spiro atoms.